The molecular weight excluding hydrogens is 452 g/mol. The fourth-order valence-electron chi connectivity index (χ4n) is 3.21. The van der Waals surface area contributed by atoms with Crippen molar-refractivity contribution in [3.05, 3.63) is 124 Å². The lowest BCUT2D eigenvalue weighted by Crippen LogP contribution is -2.07. The van der Waals surface area contributed by atoms with Crippen molar-refractivity contribution in [1.29, 1.82) is 0 Å². The summed E-state index contributed by atoms with van der Waals surface area (Å²) in [6.07, 6.45) is 2.14. The molecule has 0 aliphatic rings. The van der Waals surface area contributed by atoms with Gasteiger partial charge >= 0.3 is 0 Å². The second-order valence-corrected chi connectivity index (χ2v) is 11.2. The smallest absolute Gasteiger partial charge is 0.210 e. The minimum atomic E-state index is -3.78. The Kier molecular flexibility index (Phi) is 8.05. The second kappa shape index (κ2) is 11.0. The van der Waals surface area contributed by atoms with Crippen LogP contribution in [0.2, 0.25) is 0 Å². The van der Waals surface area contributed by atoms with Gasteiger partial charge in [0.05, 0.1) is 19.6 Å². The quantitative estimate of drug-likeness (QED) is 0.357. The standard InChI is InChI=1S/C27H24O4S2/c1-2-24(32(28,29)25-15-8-4-9-16-25)19-12-20-27(22-21-23-13-6-3-7-14-23)33(30,31)26-17-10-5-11-18-26/h3-11,13-18,21H,1,12,19-20H2. The molecule has 0 heterocycles. The van der Waals surface area contributed by atoms with Crippen LogP contribution in [0.3, 0.4) is 0 Å². The van der Waals surface area contributed by atoms with Crippen LogP contribution in [0, 0.1) is 0 Å². The summed E-state index contributed by atoms with van der Waals surface area (Å²) in [5.41, 5.74) is 6.30. The minimum Gasteiger partial charge on any atom is -0.218 e. The van der Waals surface area contributed by atoms with Gasteiger partial charge in [0.15, 0.2) is 0 Å². The normalized spacial score (nSPS) is 11.2. The van der Waals surface area contributed by atoms with E-state index in [1.165, 1.54) is 24.3 Å². The van der Waals surface area contributed by atoms with Crippen molar-refractivity contribution < 1.29 is 16.8 Å². The Morgan fingerprint density at radius 1 is 0.667 bits per heavy atom. The Bertz CT molecular complexity index is 1410. The first kappa shape index (κ1) is 24.2. The van der Waals surface area contributed by atoms with Crippen molar-refractivity contribution >= 4 is 25.8 Å². The topological polar surface area (TPSA) is 68.3 Å². The Balaban J connectivity index is 1.88. The molecule has 0 aliphatic heterocycles. The van der Waals surface area contributed by atoms with Gasteiger partial charge in [-0.3, -0.25) is 0 Å². The predicted octanol–water partition coefficient (Wildman–Crippen LogP) is 5.97. The van der Waals surface area contributed by atoms with E-state index in [1.807, 2.05) is 30.3 Å². The van der Waals surface area contributed by atoms with Gasteiger partial charge in [0.2, 0.25) is 19.7 Å². The first-order chi connectivity index (χ1) is 15.9. The van der Waals surface area contributed by atoms with Crippen LogP contribution in [-0.4, -0.2) is 16.8 Å². The predicted molar refractivity (Wildman–Crippen MR) is 132 cm³/mol. The highest BCUT2D eigenvalue weighted by molar-refractivity contribution is 7.95. The van der Waals surface area contributed by atoms with Crippen molar-refractivity contribution in [2.24, 2.45) is 0 Å². The molecule has 3 aromatic rings. The first-order valence-corrected chi connectivity index (χ1v) is 13.3. The molecule has 0 N–H and O–H groups in total. The SMILES string of the molecule is C=C=C(CCCC(=C=Cc1ccccc1)S(=O)(=O)c1ccccc1)S(=O)(=O)c1ccccc1. The average molecular weight is 477 g/mol. The van der Waals surface area contributed by atoms with Gasteiger partial charge in [-0.25, -0.2) is 16.8 Å². The Morgan fingerprint density at radius 3 is 1.58 bits per heavy atom. The van der Waals surface area contributed by atoms with Crippen LogP contribution in [-0.2, 0) is 19.7 Å². The van der Waals surface area contributed by atoms with Crippen LogP contribution in [0.1, 0.15) is 24.8 Å². The van der Waals surface area contributed by atoms with E-state index in [0.29, 0.717) is 0 Å². The van der Waals surface area contributed by atoms with Gasteiger partial charge < -0.3 is 0 Å². The summed E-state index contributed by atoms with van der Waals surface area (Å²) in [5.74, 6) is 0. The third-order valence-electron chi connectivity index (χ3n) is 4.96. The molecule has 0 aliphatic carbocycles. The lowest BCUT2D eigenvalue weighted by Gasteiger charge is -2.09. The molecule has 4 nitrogen and oxygen atoms in total. The summed E-state index contributed by atoms with van der Waals surface area (Å²) in [7, 11) is -7.52. The number of hydrogen-bond donors (Lipinski definition) is 0. The number of benzene rings is 3. The van der Waals surface area contributed by atoms with Gasteiger partial charge in [0.1, 0.15) is 0 Å². The van der Waals surface area contributed by atoms with Crippen LogP contribution in [0.15, 0.2) is 129 Å². The van der Waals surface area contributed by atoms with Gasteiger partial charge in [-0.15, -0.1) is 11.5 Å². The number of rotatable bonds is 9. The van der Waals surface area contributed by atoms with Gasteiger partial charge in [-0.05, 0) is 55.2 Å². The molecule has 0 radical (unpaired) electrons. The first-order valence-electron chi connectivity index (χ1n) is 10.4. The average Bonchev–Trinajstić information content (AvgIpc) is 2.85. The molecule has 3 aromatic carbocycles. The monoisotopic (exact) mass is 476 g/mol. The summed E-state index contributed by atoms with van der Waals surface area (Å²) in [6.45, 7) is 3.53. The van der Waals surface area contributed by atoms with Crippen LogP contribution < -0.4 is 0 Å². The molecule has 0 saturated heterocycles. The fraction of sp³-hybridized carbons (Fsp3) is 0.111. The second-order valence-electron chi connectivity index (χ2n) is 7.21. The Hall–Kier alpha value is -3.40. The molecule has 6 heteroatoms. The maximum atomic E-state index is 13.2. The molecule has 0 fully saturated rings. The number of hydrogen-bond acceptors (Lipinski definition) is 4. The van der Waals surface area contributed by atoms with Crippen LogP contribution in [0.4, 0.5) is 0 Å². The lowest BCUT2D eigenvalue weighted by molar-refractivity contribution is 0.598. The highest BCUT2D eigenvalue weighted by Gasteiger charge is 2.23. The fourth-order valence-corrected chi connectivity index (χ4v) is 6.04. The lowest BCUT2D eigenvalue weighted by atomic mass is 10.2. The van der Waals surface area contributed by atoms with E-state index < -0.39 is 19.7 Å². The molecular formula is C27H24O4S2. The van der Waals surface area contributed by atoms with E-state index in [9.17, 15) is 16.8 Å². The largest absolute Gasteiger partial charge is 0.218 e. The van der Waals surface area contributed by atoms with Crippen molar-refractivity contribution in [2.45, 2.75) is 29.1 Å². The zero-order valence-corrected chi connectivity index (χ0v) is 19.6. The van der Waals surface area contributed by atoms with Crippen molar-refractivity contribution in [3.8, 4) is 0 Å². The number of sulfone groups is 2. The highest BCUT2D eigenvalue weighted by atomic mass is 32.2. The molecule has 0 aromatic heterocycles. The van der Waals surface area contributed by atoms with Crippen molar-refractivity contribution in [3.63, 3.8) is 0 Å². The highest BCUT2D eigenvalue weighted by Crippen LogP contribution is 2.27. The molecule has 168 valence electrons. The molecule has 0 spiro atoms. The van der Waals surface area contributed by atoms with E-state index in [4.69, 9.17) is 0 Å². The van der Waals surface area contributed by atoms with Crippen molar-refractivity contribution in [2.75, 3.05) is 0 Å². The summed E-state index contributed by atoms with van der Waals surface area (Å²) in [6, 6.07) is 25.5. The maximum absolute atomic E-state index is 13.2. The van der Waals surface area contributed by atoms with Gasteiger partial charge in [0, 0.05) is 0 Å². The van der Waals surface area contributed by atoms with Gasteiger partial charge in [-0.2, -0.15) is 0 Å². The molecule has 0 atom stereocenters. The molecule has 0 bridgehead atoms. The van der Waals surface area contributed by atoms with E-state index in [1.54, 1.807) is 42.5 Å². The van der Waals surface area contributed by atoms with E-state index in [-0.39, 0.29) is 38.9 Å². The molecule has 3 rings (SSSR count). The molecule has 0 saturated carbocycles. The van der Waals surface area contributed by atoms with Gasteiger partial charge in [0.25, 0.3) is 0 Å². The molecule has 33 heavy (non-hydrogen) atoms. The zero-order chi connectivity index (χ0) is 23.7. The van der Waals surface area contributed by atoms with E-state index in [0.717, 1.165) is 5.56 Å². The maximum Gasteiger partial charge on any atom is 0.210 e. The van der Waals surface area contributed by atoms with Crippen molar-refractivity contribution in [1.82, 2.24) is 0 Å². The van der Waals surface area contributed by atoms with Crippen LogP contribution >= 0.6 is 0 Å². The van der Waals surface area contributed by atoms with Crippen LogP contribution in [0.5, 0.6) is 0 Å². The zero-order valence-electron chi connectivity index (χ0n) is 18.0. The summed E-state index contributed by atoms with van der Waals surface area (Å²) < 4.78 is 52.3. The van der Waals surface area contributed by atoms with Gasteiger partial charge in [-0.1, -0.05) is 73.3 Å². The van der Waals surface area contributed by atoms with E-state index >= 15 is 0 Å². The summed E-state index contributed by atoms with van der Waals surface area (Å²) >= 11 is 0. The minimum absolute atomic E-state index is 0.0391. The summed E-state index contributed by atoms with van der Waals surface area (Å²) in [5, 5.41) is 0. The third-order valence-corrected chi connectivity index (χ3v) is 8.71. The molecule has 0 amide bonds. The summed E-state index contributed by atoms with van der Waals surface area (Å²) in [4.78, 5) is 0.466. The van der Waals surface area contributed by atoms with E-state index in [2.05, 4.69) is 18.0 Å². The Labute approximate surface area is 195 Å². The third kappa shape index (κ3) is 6.10. The van der Waals surface area contributed by atoms with Crippen LogP contribution in [0.25, 0.3) is 6.08 Å². The Morgan fingerprint density at radius 2 is 1.09 bits per heavy atom. The molecule has 0 unspecified atom stereocenters. The number of allylic oxidation sites excluding steroid dienone is 2.